The van der Waals surface area contributed by atoms with E-state index in [1.54, 1.807) is 6.07 Å². The number of anilines is 1. The van der Waals surface area contributed by atoms with E-state index < -0.39 is 0 Å². The molecule has 1 aromatic carbocycles. The van der Waals surface area contributed by atoms with Crippen molar-refractivity contribution in [3.05, 3.63) is 24.3 Å². The molecule has 0 saturated carbocycles. The van der Waals surface area contributed by atoms with Gasteiger partial charge in [0.05, 0.1) is 12.2 Å². The second kappa shape index (κ2) is 6.16. The Morgan fingerprint density at radius 2 is 1.81 bits per heavy atom. The van der Waals surface area contributed by atoms with Crippen LogP contribution < -0.4 is 9.64 Å². The minimum Gasteiger partial charge on any atom is -0.423 e. The van der Waals surface area contributed by atoms with E-state index in [0.29, 0.717) is 5.75 Å². The second-order valence-corrected chi connectivity index (χ2v) is 5.59. The fraction of sp³-hybridized carbons (Fsp3) is 0.500. The minimum absolute atomic E-state index is 0.0985. The van der Waals surface area contributed by atoms with E-state index in [-0.39, 0.29) is 25.0 Å². The molecule has 0 aromatic heterocycles. The highest BCUT2D eigenvalue weighted by Crippen LogP contribution is 2.31. The van der Waals surface area contributed by atoms with Gasteiger partial charge in [-0.25, -0.2) is 4.79 Å². The molecular weight excluding hydrogens is 268 g/mol. The number of hydrogen-bond donors (Lipinski definition) is 0. The third kappa shape index (κ3) is 3.17. The van der Waals surface area contributed by atoms with Gasteiger partial charge in [-0.15, -0.1) is 0 Å². The van der Waals surface area contributed by atoms with E-state index in [1.807, 2.05) is 28.0 Å². The van der Waals surface area contributed by atoms with E-state index in [0.717, 1.165) is 31.6 Å². The van der Waals surface area contributed by atoms with E-state index in [2.05, 4.69) is 0 Å². The first kappa shape index (κ1) is 13.9. The second-order valence-electron chi connectivity index (χ2n) is 5.59. The molecule has 1 amide bonds. The summed E-state index contributed by atoms with van der Waals surface area (Å²) in [6.07, 6.45) is 4.54. The van der Waals surface area contributed by atoms with Gasteiger partial charge in [0.2, 0.25) is 5.91 Å². The van der Waals surface area contributed by atoms with Crippen molar-refractivity contribution in [2.24, 2.45) is 0 Å². The van der Waals surface area contributed by atoms with Gasteiger partial charge in [0.25, 0.3) is 0 Å². The largest absolute Gasteiger partial charge is 0.423 e. The van der Waals surface area contributed by atoms with Crippen molar-refractivity contribution in [3.8, 4) is 5.75 Å². The van der Waals surface area contributed by atoms with Crippen molar-refractivity contribution < 1.29 is 14.3 Å². The molecule has 2 aliphatic rings. The van der Waals surface area contributed by atoms with Gasteiger partial charge in [0.1, 0.15) is 6.54 Å². The van der Waals surface area contributed by atoms with Gasteiger partial charge in [0.15, 0.2) is 5.75 Å². The number of carbonyl (C=O) groups is 2. The van der Waals surface area contributed by atoms with Crippen molar-refractivity contribution in [1.29, 1.82) is 0 Å². The van der Waals surface area contributed by atoms with E-state index in [9.17, 15) is 9.59 Å². The molecule has 1 saturated heterocycles. The fourth-order valence-corrected chi connectivity index (χ4v) is 2.93. The first-order chi connectivity index (χ1) is 10.2. The predicted octanol–water partition coefficient (Wildman–Crippen LogP) is 1.81. The maximum Gasteiger partial charge on any atom is 0.331 e. The van der Waals surface area contributed by atoms with Crippen LogP contribution in [0.1, 0.15) is 25.7 Å². The maximum absolute atomic E-state index is 12.5. The Hall–Kier alpha value is -2.04. The standard InChI is InChI=1S/C16H20N2O3/c19-15(17-9-5-1-2-6-10-17)11-18-12-16(20)21-14-8-4-3-7-13(14)18/h3-4,7-8H,1-2,5-6,9-12H2. The number of para-hydroxylation sites is 2. The lowest BCUT2D eigenvalue weighted by molar-refractivity contribution is -0.133. The topological polar surface area (TPSA) is 49.9 Å². The number of fused-ring (bicyclic) bond motifs is 1. The molecule has 2 heterocycles. The number of benzene rings is 1. The molecule has 5 heteroatoms. The van der Waals surface area contributed by atoms with Gasteiger partial charge in [-0.2, -0.15) is 0 Å². The molecule has 112 valence electrons. The van der Waals surface area contributed by atoms with Crippen LogP contribution in [-0.4, -0.2) is 43.0 Å². The number of nitrogens with zero attached hydrogens (tertiary/aromatic N) is 2. The predicted molar refractivity (Wildman–Crippen MR) is 79.3 cm³/mol. The van der Waals surface area contributed by atoms with Crippen molar-refractivity contribution in [1.82, 2.24) is 4.90 Å². The van der Waals surface area contributed by atoms with Crippen LogP contribution in [0.25, 0.3) is 0 Å². The third-order valence-electron chi connectivity index (χ3n) is 4.03. The smallest absolute Gasteiger partial charge is 0.331 e. The van der Waals surface area contributed by atoms with Gasteiger partial charge < -0.3 is 14.5 Å². The maximum atomic E-state index is 12.5. The van der Waals surface area contributed by atoms with Crippen molar-refractivity contribution >= 4 is 17.6 Å². The number of likely N-dealkylation sites (tertiary alicyclic amines) is 1. The zero-order valence-corrected chi connectivity index (χ0v) is 12.1. The monoisotopic (exact) mass is 288 g/mol. The summed E-state index contributed by atoms with van der Waals surface area (Å²) in [5.41, 5.74) is 0.820. The van der Waals surface area contributed by atoms with Crippen LogP contribution in [0.4, 0.5) is 5.69 Å². The molecule has 2 aliphatic heterocycles. The number of esters is 1. The quantitative estimate of drug-likeness (QED) is 0.615. The summed E-state index contributed by atoms with van der Waals surface area (Å²) in [6, 6.07) is 7.36. The zero-order valence-electron chi connectivity index (χ0n) is 12.1. The molecule has 0 aliphatic carbocycles. The van der Waals surface area contributed by atoms with Gasteiger partial charge in [-0.1, -0.05) is 25.0 Å². The molecular formula is C16H20N2O3. The van der Waals surface area contributed by atoms with Crippen LogP contribution in [-0.2, 0) is 9.59 Å². The highest BCUT2D eigenvalue weighted by atomic mass is 16.5. The summed E-state index contributed by atoms with van der Waals surface area (Å²) in [4.78, 5) is 27.9. The first-order valence-electron chi connectivity index (χ1n) is 7.56. The highest BCUT2D eigenvalue weighted by Gasteiger charge is 2.27. The molecule has 0 unspecified atom stereocenters. The number of hydrogen-bond acceptors (Lipinski definition) is 4. The minimum atomic E-state index is -0.308. The summed E-state index contributed by atoms with van der Waals surface area (Å²) in [7, 11) is 0. The lowest BCUT2D eigenvalue weighted by atomic mass is 10.2. The summed E-state index contributed by atoms with van der Waals surface area (Å²) in [6.45, 7) is 2.04. The normalized spacial score (nSPS) is 18.8. The summed E-state index contributed by atoms with van der Waals surface area (Å²) >= 11 is 0. The van der Waals surface area contributed by atoms with Crippen LogP contribution in [0.15, 0.2) is 24.3 Å². The zero-order chi connectivity index (χ0) is 14.7. The summed E-state index contributed by atoms with van der Waals surface area (Å²) < 4.78 is 5.20. The Bertz CT molecular complexity index is 536. The van der Waals surface area contributed by atoms with Crippen LogP contribution in [0.2, 0.25) is 0 Å². The molecule has 0 N–H and O–H groups in total. The molecule has 0 radical (unpaired) electrons. The molecule has 1 fully saturated rings. The van der Waals surface area contributed by atoms with Crippen LogP contribution >= 0.6 is 0 Å². The van der Waals surface area contributed by atoms with Gasteiger partial charge in [-0.3, -0.25) is 4.79 Å². The lowest BCUT2D eigenvalue weighted by Crippen LogP contribution is -2.45. The average Bonchev–Trinajstić information content (AvgIpc) is 2.76. The van der Waals surface area contributed by atoms with Crippen LogP contribution in [0.3, 0.4) is 0 Å². The van der Waals surface area contributed by atoms with Gasteiger partial charge >= 0.3 is 5.97 Å². The number of ether oxygens (including phenoxy) is 1. The lowest BCUT2D eigenvalue weighted by Gasteiger charge is -2.31. The van der Waals surface area contributed by atoms with Crippen LogP contribution in [0, 0.1) is 0 Å². The van der Waals surface area contributed by atoms with Crippen molar-refractivity contribution in [2.45, 2.75) is 25.7 Å². The fourth-order valence-electron chi connectivity index (χ4n) is 2.93. The number of rotatable bonds is 2. The van der Waals surface area contributed by atoms with Crippen molar-refractivity contribution in [2.75, 3.05) is 31.1 Å². The molecule has 3 rings (SSSR count). The molecule has 0 spiro atoms. The Labute approximate surface area is 124 Å². The first-order valence-corrected chi connectivity index (χ1v) is 7.56. The van der Waals surface area contributed by atoms with E-state index in [4.69, 9.17) is 4.74 Å². The third-order valence-corrected chi connectivity index (χ3v) is 4.03. The molecule has 5 nitrogen and oxygen atoms in total. The summed E-state index contributed by atoms with van der Waals surface area (Å²) in [5.74, 6) is 0.330. The van der Waals surface area contributed by atoms with Crippen LogP contribution in [0.5, 0.6) is 5.75 Å². The Morgan fingerprint density at radius 1 is 1.10 bits per heavy atom. The molecule has 1 aromatic rings. The van der Waals surface area contributed by atoms with Gasteiger partial charge in [-0.05, 0) is 25.0 Å². The molecule has 0 bridgehead atoms. The number of amides is 1. The Balaban J connectivity index is 1.72. The SMILES string of the molecule is O=C1CN(CC(=O)N2CCCCCC2)c2ccccc2O1. The van der Waals surface area contributed by atoms with E-state index >= 15 is 0 Å². The Morgan fingerprint density at radius 3 is 2.57 bits per heavy atom. The molecule has 0 atom stereocenters. The average molecular weight is 288 g/mol. The van der Waals surface area contributed by atoms with Crippen molar-refractivity contribution in [3.63, 3.8) is 0 Å². The molecule has 21 heavy (non-hydrogen) atoms. The van der Waals surface area contributed by atoms with E-state index in [1.165, 1.54) is 12.8 Å². The Kier molecular flexibility index (Phi) is 4.08. The number of carbonyl (C=O) groups excluding carboxylic acids is 2. The summed E-state index contributed by atoms with van der Waals surface area (Å²) in [5, 5.41) is 0. The highest BCUT2D eigenvalue weighted by molar-refractivity contribution is 5.89. The van der Waals surface area contributed by atoms with Gasteiger partial charge in [0, 0.05) is 13.1 Å².